The van der Waals surface area contributed by atoms with Crippen molar-refractivity contribution in [2.24, 2.45) is 0 Å². The van der Waals surface area contributed by atoms with E-state index in [-0.39, 0.29) is 0 Å². The molecule has 0 bridgehead atoms. The number of nitrogens with one attached hydrogen (secondary N) is 1. The molecular formula is C24H24N2O5. The van der Waals surface area contributed by atoms with Crippen LogP contribution < -0.4 is 4.74 Å². The van der Waals surface area contributed by atoms with Crippen LogP contribution in [0.3, 0.4) is 0 Å². The Morgan fingerprint density at radius 2 is 1.74 bits per heavy atom. The zero-order valence-electron chi connectivity index (χ0n) is 17.1. The molecular weight excluding hydrogens is 396 g/mol. The molecule has 3 N–H and O–H groups in total. The summed E-state index contributed by atoms with van der Waals surface area (Å²) < 4.78 is 5.97. The lowest BCUT2D eigenvalue weighted by molar-refractivity contribution is -0.134. The van der Waals surface area contributed by atoms with Gasteiger partial charge < -0.3 is 24.8 Å². The lowest BCUT2D eigenvalue weighted by Gasteiger charge is -2.21. The number of carboxylic acids is 2. The number of hydrogen-bond acceptors (Lipinski definition) is 4. The Morgan fingerprint density at radius 3 is 2.35 bits per heavy atom. The summed E-state index contributed by atoms with van der Waals surface area (Å²) in [6, 6.07) is 16.1. The van der Waals surface area contributed by atoms with Crippen LogP contribution in [0.15, 0.2) is 73.0 Å². The van der Waals surface area contributed by atoms with Crippen LogP contribution in [-0.4, -0.2) is 52.2 Å². The van der Waals surface area contributed by atoms with Crippen LogP contribution in [0.5, 0.6) is 11.5 Å². The van der Waals surface area contributed by atoms with E-state index in [0.717, 1.165) is 36.5 Å². The van der Waals surface area contributed by atoms with E-state index in [1.807, 2.05) is 36.4 Å². The SMILES string of the molecule is CN1CC=C(c2c[nH]c3ccc(Oc4ccccc4)cc23)CC1.O=C(O)/C=C/C(=O)O. The van der Waals surface area contributed by atoms with Gasteiger partial charge in [0.25, 0.3) is 0 Å². The molecule has 0 unspecified atom stereocenters. The van der Waals surface area contributed by atoms with Gasteiger partial charge in [0.05, 0.1) is 0 Å². The molecule has 1 aromatic heterocycles. The molecule has 2 aromatic carbocycles. The summed E-state index contributed by atoms with van der Waals surface area (Å²) in [5.41, 5.74) is 3.87. The van der Waals surface area contributed by atoms with Crippen molar-refractivity contribution in [3.8, 4) is 11.5 Å². The number of carboxylic acid groups (broad SMARTS) is 2. The Bertz CT molecular complexity index is 1100. The number of likely N-dealkylation sites (N-methyl/N-ethyl adjacent to an activating group) is 1. The number of rotatable bonds is 5. The second kappa shape index (κ2) is 10.3. The van der Waals surface area contributed by atoms with Crippen molar-refractivity contribution in [1.82, 2.24) is 9.88 Å². The molecule has 3 aromatic rings. The molecule has 1 aliphatic heterocycles. The summed E-state index contributed by atoms with van der Waals surface area (Å²) >= 11 is 0. The normalized spacial score (nSPS) is 14.0. The van der Waals surface area contributed by atoms with Crippen LogP contribution in [0.4, 0.5) is 0 Å². The van der Waals surface area contributed by atoms with E-state index in [9.17, 15) is 9.59 Å². The Morgan fingerprint density at radius 1 is 1.03 bits per heavy atom. The molecule has 0 saturated carbocycles. The monoisotopic (exact) mass is 420 g/mol. The van der Waals surface area contributed by atoms with Gasteiger partial charge in [-0.3, -0.25) is 0 Å². The van der Waals surface area contributed by atoms with Crippen LogP contribution in [0.25, 0.3) is 16.5 Å². The number of nitrogens with zero attached hydrogens (tertiary/aromatic N) is 1. The molecule has 0 atom stereocenters. The number of benzene rings is 2. The van der Waals surface area contributed by atoms with E-state index in [0.29, 0.717) is 12.2 Å². The maximum Gasteiger partial charge on any atom is 0.328 e. The van der Waals surface area contributed by atoms with Gasteiger partial charge in [0.1, 0.15) is 11.5 Å². The Labute approximate surface area is 179 Å². The van der Waals surface area contributed by atoms with E-state index in [2.05, 4.69) is 41.3 Å². The van der Waals surface area contributed by atoms with E-state index >= 15 is 0 Å². The minimum Gasteiger partial charge on any atom is -0.478 e. The summed E-state index contributed by atoms with van der Waals surface area (Å²) in [6.07, 6.45) is 6.66. The average Bonchev–Trinajstić information content (AvgIpc) is 3.17. The van der Waals surface area contributed by atoms with Gasteiger partial charge in [-0.15, -0.1) is 0 Å². The molecule has 0 radical (unpaired) electrons. The van der Waals surface area contributed by atoms with E-state index in [4.69, 9.17) is 14.9 Å². The molecule has 160 valence electrons. The molecule has 4 rings (SSSR count). The van der Waals surface area contributed by atoms with Crippen molar-refractivity contribution in [3.63, 3.8) is 0 Å². The fourth-order valence-electron chi connectivity index (χ4n) is 3.21. The van der Waals surface area contributed by atoms with Crippen LogP contribution in [-0.2, 0) is 9.59 Å². The third-order valence-electron chi connectivity index (χ3n) is 4.76. The third-order valence-corrected chi connectivity index (χ3v) is 4.76. The third kappa shape index (κ3) is 6.32. The number of aliphatic carboxylic acids is 2. The van der Waals surface area contributed by atoms with Gasteiger partial charge in [0, 0.05) is 47.9 Å². The first-order chi connectivity index (χ1) is 14.9. The Balaban J connectivity index is 0.000000293. The predicted octanol–water partition coefficient (Wildman–Crippen LogP) is 4.39. The number of carbonyl (C=O) groups is 2. The maximum absolute atomic E-state index is 9.55. The number of ether oxygens (including phenoxy) is 1. The van der Waals surface area contributed by atoms with E-state index < -0.39 is 11.9 Å². The predicted molar refractivity (Wildman–Crippen MR) is 119 cm³/mol. The molecule has 0 aliphatic carbocycles. The second-order valence-electron chi connectivity index (χ2n) is 7.08. The molecule has 31 heavy (non-hydrogen) atoms. The van der Waals surface area contributed by atoms with Gasteiger partial charge >= 0.3 is 11.9 Å². The average molecular weight is 420 g/mol. The topological polar surface area (TPSA) is 103 Å². The van der Waals surface area contributed by atoms with E-state index in [1.165, 1.54) is 16.5 Å². The summed E-state index contributed by atoms with van der Waals surface area (Å²) in [4.78, 5) is 24.8. The molecule has 0 amide bonds. The fraction of sp³-hybridized carbons (Fsp3) is 0.167. The first kappa shape index (κ1) is 21.9. The van der Waals surface area contributed by atoms with Crippen LogP contribution in [0.1, 0.15) is 12.0 Å². The number of para-hydroxylation sites is 1. The zero-order chi connectivity index (χ0) is 22.2. The maximum atomic E-state index is 9.55. The van der Waals surface area contributed by atoms with E-state index in [1.54, 1.807) is 0 Å². The highest BCUT2D eigenvalue weighted by molar-refractivity contribution is 5.93. The first-order valence-electron chi connectivity index (χ1n) is 9.78. The van der Waals surface area contributed by atoms with Gasteiger partial charge in [-0.1, -0.05) is 24.3 Å². The lowest BCUT2D eigenvalue weighted by atomic mass is 9.99. The molecule has 0 fully saturated rings. The number of aromatic nitrogens is 1. The van der Waals surface area contributed by atoms with Crippen molar-refractivity contribution in [2.45, 2.75) is 6.42 Å². The van der Waals surface area contributed by atoms with Gasteiger partial charge in [-0.2, -0.15) is 0 Å². The number of H-pyrrole nitrogens is 1. The van der Waals surface area contributed by atoms with Crippen molar-refractivity contribution >= 4 is 28.4 Å². The standard InChI is InChI=1S/C20H20N2O.C4H4O4/c1-22-11-9-15(10-12-22)19-14-21-20-8-7-17(13-18(19)20)23-16-5-3-2-4-6-16;5-3(6)1-2-4(7)8/h2-9,13-14,21H,10-12H2,1H3;1-2H,(H,5,6)(H,7,8)/b;2-1+. The minimum atomic E-state index is -1.26. The molecule has 0 spiro atoms. The molecule has 2 heterocycles. The molecule has 7 nitrogen and oxygen atoms in total. The highest BCUT2D eigenvalue weighted by atomic mass is 16.5. The van der Waals surface area contributed by atoms with Crippen molar-refractivity contribution in [1.29, 1.82) is 0 Å². The number of aromatic amines is 1. The highest BCUT2D eigenvalue weighted by Gasteiger charge is 2.14. The highest BCUT2D eigenvalue weighted by Crippen LogP contribution is 2.32. The number of fused-ring (bicyclic) bond motifs is 1. The van der Waals surface area contributed by atoms with Crippen LogP contribution >= 0.6 is 0 Å². The first-order valence-corrected chi connectivity index (χ1v) is 9.78. The van der Waals surface area contributed by atoms with Crippen molar-refractivity contribution in [2.75, 3.05) is 20.1 Å². The summed E-state index contributed by atoms with van der Waals surface area (Å²) in [5.74, 6) is -0.777. The van der Waals surface area contributed by atoms with Gasteiger partial charge in [0.2, 0.25) is 0 Å². The van der Waals surface area contributed by atoms with Gasteiger partial charge in [0.15, 0.2) is 0 Å². The lowest BCUT2D eigenvalue weighted by Crippen LogP contribution is -2.23. The summed E-state index contributed by atoms with van der Waals surface area (Å²) in [5, 5.41) is 16.9. The largest absolute Gasteiger partial charge is 0.478 e. The van der Waals surface area contributed by atoms with Crippen LogP contribution in [0, 0.1) is 0 Å². The van der Waals surface area contributed by atoms with Crippen LogP contribution in [0.2, 0.25) is 0 Å². The number of hydrogen-bond donors (Lipinski definition) is 3. The smallest absolute Gasteiger partial charge is 0.328 e. The summed E-state index contributed by atoms with van der Waals surface area (Å²) in [6.45, 7) is 2.13. The molecule has 0 saturated heterocycles. The molecule has 1 aliphatic rings. The van der Waals surface area contributed by atoms with Gasteiger partial charge in [-0.05, 0) is 49.4 Å². The fourth-order valence-corrected chi connectivity index (χ4v) is 3.21. The second-order valence-corrected chi connectivity index (χ2v) is 7.08. The van der Waals surface area contributed by atoms with Crippen molar-refractivity contribution < 1.29 is 24.5 Å². The van der Waals surface area contributed by atoms with Gasteiger partial charge in [-0.25, -0.2) is 9.59 Å². The zero-order valence-corrected chi connectivity index (χ0v) is 17.1. The van der Waals surface area contributed by atoms with Crippen molar-refractivity contribution in [3.05, 3.63) is 78.5 Å². The minimum absolute atomic E-state index is 0.558. The quantitative estimate of drug-likeness (QED) is 0.529. The Kier molecular flexibility index (Phi) is 7.24. The molecule has 7 heteroatoms. The summed E-state index contributed by atoms with van der Waals surface area (Å²) in [7, 11) is 2.16. The Hall–Kier alpha value is -3.84.